The lowest BCUT2D eigenvalue weighted by atomic mass is 10.1. The molecule has 0 saturated heterocycles. The van der Waals surface area contributed by atoms with Crippen molar-refractivity contribution in [3.05, 3.63) is 33.4 Å². The Kier molecular flexibility index (Phi) is 5.72. The first-order chi connectivity index (χ1) is 7.88. The maximum absolute atomic E-state index is 11.9. The highest BCUT2D eigenvalue weighted by Gasteiger charge is 2.25. The average Bonchev–Trinajstić information content (AvgIpc) is 2.24. The summed E-state index contributed by atoms with van der Waals surface area (Å²) in [6.07, 6.45) is -4.65. The topological polar surface area (TPSA) is 12.0 Å². The molecule has 1 unspecified atom stereocenters. The van der Waals surface area contributed by atoms with E-state index >= 15 is 0 Å². The van der Waals surface area contributed by atoms with Gasteiger partial charge in [-0.15, -0.1) is 0 Å². The van der Waals surface area contributed by atoms with Gasteiger partial charge in [0, 0.05) is 16.0 Å². The highest BCUT2D eigenvalue weighted by Crippen LogP contribution is 2.21. The molecule has 0 bridgehead atoms. The monoisotopic (exact) mass is 357 g/mol. The van der Waals surface area contributed by atoms with Crippen LogP contribution in [-0.2, 0) is 0 Å². The van der Waals surface area contributed by atoms with Gasteiger partial charge in [0.25, 0.3) is 0 Å². The van der Waals surface area contributed by atoms with Crippen LogP contribution in [0.2, 0.25) is 0 Å². The molecule has 0 amide bonds. The van der Waals surface area contributed by atoms with Crippen molar-refractivity contribution < 1.29 is 13.2 Å². The molecule has 0 radical (unpaired) electrons. The van der Waals surface area contributed by atoms with E-state index in [-0.39, 0.29) is 12.5 Å². The van der Waals surface area contributed by atoms with Crippen LogP contribution in [0.25, 0.3) is 0 Å². The van der Waals surface area contributed by atoms with Gasteiger partial charge < -0.3 is 5.32 Å². The van der Waals surface area contributed by atoms with Gasteiger partial charge in [-0.1, -0.05) is 12.1 Å². The fraction of sp³-hybridized carbons (Fsp3) is 0.500. The number of rotatable bonds is 5. The van der Waals surface area contributed by atoms with Crippen molar-refractivity contribution in [1.82, 2.24) is 5.32 Å². The number of nitrogens with one attached hydrogen (secondary N) is 1. The smallest absolute Gasteiger partial charge is 0.310 e. The lowest BCUT2D eigenvalue weighted by Crippen LogP contribution is -2.21. The summed E-state index contributed by atoms with van der Waals surface area (Å²) < 4.78 is 36.9. The maximum Gasteiger partial charge on any atom is 0.389 e. The lowest BCUT2D eigenvalue weighted by molar-refractivity contribution is -0.135. The summed E-state index contributed by atoms with van der Waals surface area (Å²) in [4.78, 5) is 0. The third-order valence-corrected chi connectivity index (χ3v) is 3.18. The molecule has 0 spiro atoms. The molecule has 0 aliphatic heterocycles. The van der Waals surface area contributed by atoms with Crippen LogP contribution >= 0.6 is 22.6 Å². The van der Waals surface area contributed by atoms with E-state index in [0.717, 1.165) is 9.13 Å². The third kappa shape index (κ3) is 6.26. The Balaban J connectivity index is 2.30. The molecular weight excluding hydrogens is 342 g/mol. The molecule has 1 atom stereocenters. The van der Waals surface area contributed by atoms with Crippen molar-refractivity contribution in [3.63, 3.8) is 0 Å². The van der Waals surface area contributed by atoms with E-state index in [0.29, 0.717) is 6.54 Å². The zero-order chi connectivity index (χ0) is 12.9. The summed E-state index contributed by atoms with van der Waals surface area (Å²) in [6, 6.07) is 8.04. The summed E-state index contributed by atoms with van der Waals surface area (Å²) >= 11 is 2.22. The minimum atomic E-state index is -4.05. The molecular formula is C12H15F3IN. The second-order valence-corrected chi connectivity index (χ2v) is 5.19. The largest absolute Gasteiger partial charge is 0.389 e. The van der Waals surface area contributed by atoms with E-state index in [1.54, 1.807) is 0 Å². The Hall–Kier alpha value is -0.300. The molecule has 0 fully saturated rings. The van der Waals surface area contributed by atoms with Crippen LogP contribution in [0.4, 0.5) is 13.2 Å². The number of benzene rings is 1. The van der Waals surface area contributed by atoms with Gasteiger partial charge in [0.05, 0.1) is 0 Å². The average molecular weight is 357 g/mol. The van der Waals surface area contributed by atoms with Crippen molar-refractivity contribution in [2.24, 2.45) is 0 Å². The molecule has 1 N–H and O–H groups in total. The Bertz CT molecular complexity index is 335. The highest BCUT2D eigenvalue weighted by molar-refractivity contribution is 14.1. The van der Waals surface area contributed by atoms with Crippen molar-refractivity contribution >= 4 is 22.6 Å². The maximum atomic E-state index is 11.9. The summed E-state index contributed by atoms with van der Waals surface area (Å²) in [5, 5.41) is 3.09. The molecule has 0 aliphatic carbocycles. The predicted molar refractivity (Wildman–Crippen MR) is 70.9 cm³/mol. The van der Waals surface area contributed by atoms with Gasteiger partial charge in [-0.05, 0) is 60.2 Å². The predicted octanol–water partition coefficient (Wildman–Crippen LogP) is 4.28. The zero-order valence-electron chi connectivity index (χ0n) is 9.52. The molecule has 1 rings (SSSR count). The van der Waals surface area contributed by atoms with E-state index in [1.807, 2.05) is 31.2 Å². The second-order valence-electron chi connectivity index (χ2n) is 3.95. The zero-order valence-corrected chi connectivity index (χ0v) is 11.7. The fourth-order valence-electron chi connectivity index (χ4n) is 1.48. The van der Waals surface area contributed by atoms with Gasteiger partial charge in [-0.2, -0.15) is 13.2 Å². The van der Waals surface area contributed by atoms with Gasteiger partial charge in [-0.25, -0.2) is 0 Å². The molecule has 1 aromatic rings. The minimum Gasteiger partial charge on any atom is -0.310 e. The molecule has 0 heterocycles. The van der Waals surface area contributed by atoms with E-state index in [2.05, 4.69) is 27.9 Å². The quantitative estimate of drug-likeness (QED) is 0.613. The summed E-state index contributed by atoms with van der Waals surface area (Å²) in [5.41, 5.74) is 1.09. The van der Waals surface area contributed by atoms with Crippen LogP contribution in [-0.4, -0.2) is 12.7 Å². The molecule has 0 aliphatic rings. The molecule has 96 valence electrons. The van der Waals surface area contributed by atoms with Crippen LogP contribution in [0.5, 0.6) is 0 Å². The summed E-state index contributed by atoms with van der Waals surface area (Å²) in [5.74, 6) is 0. The molecule has 1 aromatic carbocycles. The number of hydrogen-bond acceptors (Lipinski definition) is 1. The first-order valence-electron chi connectivity index (χ1n) is 5.44. The van der Waals surface area contributed by atoms with Gasteiger partial charge in [-0.3, -0.25) is 0 Å². The van der Waals surface area contributed by atoms with Crippen molar-refractivity contribution in [3.8, 4) is 0 Å². The van der Waals surface area contributed by atoms with E-state index < -0.39 is 12.6 Å². The van der Waals surface area contributed by atoms with Crippen molar-refractivity contribution in [2.45, 2.75) is 32.0 Å². The van der Waals surface area contributed by atoms with Crippen LogP contribution in [0.1, 0.15) is 31.4 Å². The Morgan fingerprint density at radius 2 is 1.82 bits per heavy atom. The standard InChI is InChI=1S/C12H15F3IN/c1-9(10-3-5-11(16)6-4-10)17-8-2-7-12(13,14)15/h3-6,9,17H,2,7-8H2,1H3. The van der Waals surface area contributed by atoms with Gasteiger partial charge in [0.1, 0.15) is 0 Å². The summed E-state index contributed by atoms with van der Waals surface area (Å²) in [7, 11) is 0. The highest BCUT2D eigenvalue weighted by atomic mass is 127. The Morgan fingerprint density at radius 3 is 2.35 bits per heavy atom. The van der Waals surface area contributed by atoms with E-state index in [9.17, 15) is 13.2 Å². The van der Waals surface area contributed by atoms with Gasteiger partial charge in [0.15, 0.2) is 0 Å². The molecule has 1 nitrogen and oxygen atoms in total. The third-order valence-electron chi connectivity index (χ3n) is 2.46. The fourth-order valence-corrected chi connectivity index (χ4v) is 1.84. The van der Waals surface area contributed by atoms with Crippen LogP contribution < -0.4 is 5.32 Å². The first kappa shape index (κ1) is 14.8. The van der Waals surface area contributed by atoms with Gasteiger partial charge >= 0.3 is 6.18 Å². The molecule has 0 aromatic heterocycles. The minimum absolute atomic E-state index is 0.0835. The molecule has 17 heavy (non-hydrogen) atoms. The van der Waals surface area contributed by atoms with Gasteiger partial charge in [0.2, 0.25) is 0 Å². The van der Waals surface area contributed by atoms with Crippen LogP contribution in [0.3, 0.4) is 0 Å². The number of halogens is 4. The molecule has 5 heteroatoms. The lowest BCUT2D eigenvalue weighted by Gasteiger charge is -2.14. The van der Waals surface area contributed by atoms with E-state index in [4.69, 9.17) is 0 Å². The Morgan fingerprint density at radius 1 is 1.24 bits per heavy atom. The van der Waals surface area contributed by atoms with Crippen molar-refractivity contribution in [1.29, 1.82) is 0 Å². The number of alkyl halides is 3. The van der Waals surface area contributed by atoms with Crippen molar-refractivity contribution in [2.75, 3.05) is 6.54 Å². The second kappa shape index (κ2) is 6.58. The molecule has 0 saturated carbocycles. The normalized spacial score (nSPS) is 13.7. The van der Waals surface area contributed by atoms with Crippen LogP contribution in [0, 0.1) is 3.57 Å². The summed E-state index contributed by atoms with van der Waals surface area (Å²) in [6.45, 7) is 2.34. The first-order valence-corrected chi connectivity index (χ1v) is 6.52. The van der Waals surface area contributed by atoms with Crippen LogP contribution in [0.15, 0.2) is 24.3 Å². The Labute approximate surface area is 113 Å². The SMILES string of the molecule is CC(NCCCC(F)(F)F)c1ccc(I)cc1. The number of hydrogen-bond donors (Lipinski definition) is 1. The van der Waals surface area contributed by atoms with E-state index in [1.165, 1.54) is 0 Å².